The number of hydrogen-bond acceptors (Lipinski definition) is 12. The fraction of sp³-hybridized carbons (Fsp3) is 0.594. The topological polar surface area (TPSA) is 305 Å². The highest BCUT2D eigenvalue weighted by Gasteiger charge is 2.28. The number of unbranched alkanes of at least 4 members (excludes halogenated alkanes) is 1. The van der Waals surface area contributed by atoms with Gasteiger partial charge in [0.15, 0.2) is 0 Å². The number of carboxylic acid groups (broad SMARTS) is 1. The summed E-state index contributed by atoms with van der Waals surface area (Å²) < 4.78 is 0. The molecule has 1 atom stereocenters. The van der Waals surface area contributed by atoms with Crippen LogP contribution in [0.15, 0.2) is 12.7 Å². The number of carboxylic acids is 1. The summed E-state index contributed by atoms with van der Waals surface area (Å²) in [4.78, 5) is 137. The Morgan fingerprint density at radius 2 is 0.945 bits per heavy atom. The molecular formula is C32H53N11O12. The maximum absolute atomic E-state index is 13.0. The predicted molar refractivity (Wildman–Crippen MR) is 193 cm³/mol. The smallest absolute Gasteiger partial charge is 0.323 e. The summed E-state index contributed by atoms with van der Waals surface area (Å²) in [6.45, 7) is -0.782. The van der Waals surface area contributed by atoms with E-state index in [2.05, 4.69) is 43.8 Å². The Bertz CT molecular complexity index is 1420. The van der Waals surface area contributed by atoms with Crippen molar-refractivity contribution in [3.05, 3.63) is 12.7 Å². The number of carbonyl (C=O) groups excluding carboxylic acids is 10. The van der Waals surface area contributed by atoms with Crippen LogP contribution >= 0.6 is 0 Å². The van der Waals surface area contributed by atoms with Gasteiger partial charge >= 0.3 is 5.97 Å². The van der Waals surface area contributed by atoms with Crippen molar-refractivity contribution >= 4 is 65.0 Å². The monoisotopic (exact) mass is 783 g/mol. The maximum Gasteiger partial charge on any atom is 0.323 e. The van der Waals surface area contributed by atoms with Crippen molar-refractivity contribution in [1.82, 2.24) is 56.8 Å². The molecule has 10 amide bonds. The fourth-order valence-electron chi connectivity index (χ4n) is 4.16. The number of carbonyl (C=O) groups is 11. The summed E-state index contributed by atoms with van der Waals surface area (Å²) in [5.41, 5.74) is 0. The predicted octanol–water partition coefficient (Wildman–Crippen LogP) is -6.45. The number of rotatable bonds is 26. The molecule has 0 aliphatic rings. The van der Waals surface area contributed by atoms with Crippen LogP contribution in [0.4, 0.5) is 0 Å². The Hall–Kier alpha value is -6.13. The third kappa shape index (κ3) is 21.9. The maximum atomic E-state index is 13.0. The van der Waals surface area contributed by atoms with E-state index in [-0.39, 0.29) is 19.5 Å². The lowest BCUT2D eigenvalue weighted by atomic mass is 10.1. The van der Waals surface area contributed by atoms with Crippen molar-refractivity contribution < 1.29 is 57.8 Å². The molecular weight excluding hydrogens is 730 g/mol. The first kappa shape index (κ1) is 48.9. The molecule has 0 bridgehead atoms. The van der Waals surface area contributed by atoms with Gasteiger partial charge in [0, 0.05) is 28.2 Å². The van der Waals surface area contributed by atoms with E-state index in [1.54, 1.807) is 13.1 Å². The van der Waals surface area contributed by atoms with Crippen LogP contribution in [0, 0.1) is 0 Å². The van der Waals surface area contributed by atoms with E-state index in [4.69, 9.17) is 5.11 Å². The standard InChI is InChI=1S/C32H53N11O12/c1-7-8-9-10-21(32(55)39-17-29(51)42(5)20-31(53)54)43(6)30(52)19-41(4)28(50)16-38-25(47)13-35-23(45)12-34-24(46)14-36-26(48)18-40(3)27(49)15-37-22(44)11-33-2/h7,21,33H,1,8-20H2,2-6H3,(H,34,46)(H,35,45)(H,36,48)(H,37,44)(H,38,47)(H,39,55)(H,53,54). The second kappa shape index (κ2) is 26.6. The van der Waals surface area contributed by atoms with Crippen LogP contribution < -0.4 is 37.2 Å². The van der Waals surface area contributed by atoms with Gasteiger partial charge in [0.05, 0.1) is 58.9 Å². The molecule has 0 aromatic heterocycles. The van der Waals surface area contributed by atoms with Crippen molar-refractivity contribution in [3.63, 3.8) is 0 Å². The van der Waals surface area contributed by atoms with Gasteiger partial charge in [-0.2, -0.15) is 0 Å². The summed E-state index contributed by atoms with van der Waals surface area (Å²) in [7, 11) is 6.80. The van der Waals surface area contributed by atoms with Crippen LogP contribution in [0.25, 0.3) is 0 Å². The SMILES string of the molecule is C=CCCCC(C(=O)NCC(=O)N(C)CC(=O)O)N(C)C(=O)CN(C)C(=O)CNC(=O)CNC(=O)CNC(=O)CNC(=O)CN(C)C(=O)CNC(=O)CNC. The number of amides is 10. The van der Waals surface area contributed by atoms with E-state index in [0.717, 1.165) is 19.6 Å². The largest absolute Gasteiger partial charge is 0.480 e. The van der Waals surface area contributed by atoms with Crippen LogP contribution in [0.3, 0.4) is 0 Å². The average molecular weight is 784 g/mol. The molecule has 308 valence electrons. The Balaban J connectivity index is 4.67. The van der Waals surface area contributed by atoms with Crippen molar-refractivity contribution in [2.75, 3.05) is 101 Å². The van der Waals surface area contributed by atoms with Crippen molar-refractivity contribution in [2.24, 2.45) is 0 Å². The van der Waals surface area contributed by atoms with Gasteiger partial charge in [0.1, 0.15) is 12.6 Å². The molecule has 0 saturated heterocycles. The molecule has 1 unspecified atom stereocenters. The van der Waals surface area contributed by atoms with Gasteiger partial charge in [-0.3, -0.25) is 52.7 Å². The highest BCUT2D eigenvalue weighted by atomic mass is 16.4. The van der Waals surface area contributed by atoms with Crippen LogP contribution in [-0.2, 0) is 52.7 Å². The summed E-state index contributed by atoms with van der Waals surface area (Å²) in [5.74, 6) is -7.75. The zero-order valence-corrected chi connectivity index (χ0v) is 31.8. The highest BCUT2D eigenvalue weighted by Crippen LogP contribution is 2.09. The quantitative estimate of drug-likeness (QED) is 0.0300. The molecule has 0 aliphatic heterocycles. The minimum absolute atomic E-state index is 0.0128. The van der Waals surface area contributed by atoms with Gasteiger partial charge < -0.3 is 61.9 Å². The summed E-state index contributed by atoms with van der Waals surface area (Å²) in [6, 6.07) is -1.03. The molecule has 0 rings (SSSR count). The lowest BCUT2D eigenvalue weighted by Gasteiger charge is -2.29. The van der Waals surface area contributed by atoms with E-state index in [9.17, 15) is 52.7 Å². The van der Waals surface area contributed by atoms with E-state index in [1.165, 1.54) is 28.2 Å². The Labute approximate surface area is 318 Å². The number of nitrogens with one attached hydrogen (secondary N) is 7. The Morgan fingerprint density at radius 1 is 0.545 bits per heavy atom. The highest BCUT2D eigenvalue weighted by molar-refractivity contribution is 5.94. The number of nitrogens with zero attached hydrogens (tertiary/aromatic N) is 4. The van der Waals surface area contributed by atoms with E-state index in [1.807, 2.05) is 0 Å². The van der Waals surface area contributed by atoms with Gasteiger partial charge in [-0.15, -0.1) is 6.58 Å². The van der Waals surface area contributed by atoms with Gasteiger partial charge in [-0.05, 0) is 26.3 Å². The van der Waals surface area contributed by atoms with Gasteiger partial charge in [-0.1, -0.05) is 6.08 Å². The fourth-order valence-corrected chi connectivity index (χ4v) is 4.16. The van der Waals surface area contributed by atoms with Crippen molar-refractivity contribution in [1.29, 1.82) is 0 Å². The van der Waals surface area contributed by atoms with Gasteiger partial charge in [0.25, 0.3) is 0 Å². The zero-order valence-electron chi connectivity index (χ0n) is 31.8. The summed E-state index contributed by atoms with van der Waals surface area (Å²) in [5, 5.41) is 25.3. The van der Waals surface area contributed by atoms with Gasteiger partial charge in [0.2, 0.25) is 59.1 Å². The van der Waals surface area contributed by atoms with Crippen LogP contribution in [0.2, 0.25) is 0 Å². The normalized spacial score (nSPS) is 10.7. The molecule has 0 saturated carbocycles. The molecule has 0 fully saturated rings. The molecule has 23 nitrogen and oxygen atoms in total. The second-order valence-electron chi connectivity index (χ2n) is 12.0. The summed E-state index contributed by atoms with van der Waals surface area (Å²) >= 11 is 0. The molecule has 0 heterocycles. The van der Waals surface area contributed by atoms with E-state index < -0.39 is 123 Å². The first-order valence-electron chi connectivity index (χ1n) is 16.9. The second-order valence-corrected chi connectivity index (χ2v) is 12.0. The van der Waals surface area contributed by atoms with Gasteiger partial charge in [-0.25, -0.2) is 0 Å². The molecule has 0 aromatic rings. The molecule has 0 spiro atoms. The van der Waals surface area contributed by atoms with Crippen LogP contribution in [0.1, 0.15) is 19.3 Å². The number of allylic oxidation sites excluding steroid dienone is 1. The Morgan fingerprint density at radius 3 is 1.40 bits per heavy atom. The van der Waals surface area contributed by atoms with Crippen LogP contribution in [0.5, 0.6) is 0 Å². The lowest BCUT2D eigenvalue weighted by Crippen LogP contribution is -2.52. The third-order valence-corrected chi connectivity index (χ3v) is 7.42. The molecule has 0 aliphatic carbocycles. The van der Waals surface area contributed by atoms with Crippen molar-refractivity contribution in [3.8, 4) is 0 Å². The summed E-state index contributed by atoms with van der Waals surface area (Å²) in [6.07, 6.45) is 2.83. The minimum atomic E-state index is -1.23. The molecule has 23 heteroatoms. The first-order valence-corrected chi connectivity index (χ1v) is 16.9. The molecule has 8 N–H and O–H groups in total. The lowest BCUT2D eigenvalue weighted by molar-refractivity contribution is -0.144. The van der Waals surface area contributed by atoms with E-state index >= 15 is 0 Å². The van der Waals surface area contributed by atoms with Crippen molar-refractivity contribution in [2.45, 2.75) is 25.3 Å². The number of hydrogen-bond donors (Lipinski definition) is 8. The number of aliphatic carboxylic acids is 1. The van der Waals surface area contributed by atoms with Crippen LogP contribution in [-0.4, -0.2) is 196 Å². The Kier molecular flexibility index (Phi) is 23.6. The van der Waals surface area contributed by atoms with E-state index in [0.29, 0.717) is 12.8 Å². The molecule has 0 aromatic carbocycles. The molecule has 55 heavy (non-hydrogen) atoms. The first-order chi connectivity index (χ1) is 25.8. The third-order valence-electron chi connectivity index (χ3n) is 7.42. The number of likely N-dealkylation sites (N-methyl/N-ethyl adjacent to an activating group) is 5. The minimum Gasteiger partial charge on any atom is -0.480 e. The zero-order chi connectivity index (χ0) is 42.1. The average Bonchev–Trinajstić information content (AvgIpc) is 3.13. The molecule has 0 radical (unpaired) electrons.